The van der Waals surface area contributed by atoms with E-state index in [1.54, 1.807) is 13.2 Å². The van der Waals surface area contributed by atoms with Crippen LogP contribution in [0.25, 0.3) is 22.5 Å². The Kier molecular flexibility index (Phi) is 4.28. The van der Waals surface area contributed by atoms with Gasteiger partial charge >= 0.3 is 0 Å². The van der Waals surface area contributed by atoms with Crippen LogP contribution >= 0.6 is 0 Å². The lowest BCUT2D eigenvalue weighted by Crippen LogP contribution is -1.94. The van der Waals surface area contributed by atoms with Gasteiger partial charge in [-0.2, -0.15) is 0 Å². The number of aryl methyl sites for hydroxylation is 1. The summed E-state index contributed by atoms with van der Waals surface area (Å²) >= 11 is 0. The third kappa shape index (κ3) is 2.90. The average molecular weight is 309 g/mol. The van der Waals surface area contributed by atoms with Crippen LogP contribution in [0.5, 0.6) is 11.5 Å². The van der Waals surface area contributed by atoms with Gasteiger partial charge in [0.1, 0.15) is 17.2 Å². The Labute approximate surface area is 134 Å². The Morgan fingerprint density at radius 1 is 1.17 bits per heavy atom. The van der Waals surface area contributed by atoms with Gasteiger partial charge in [0.25, 0.3) is 0 Å². The van der Waals surface area contributed by atoms with Crippen LogP contribution in [0, 0.1) is 0 Å². The molecule has 0 aliphatic carbocycles. The predicted octanol–water partition coefficient (Wildman–Crippen LogP) is 3.81. The third-order valence-electron chi connectivity index (χ3n) is 3.78. The van der Waals surface area contributed by atoms with Gasteiger partial charge < -0.3 is 9.84 Å². The second kappa shape index (κ2) is 6.52. The first-order valence-corrected chi connectivity index (χ1v) is 7.61. The summed E-state index contributed by atoms with van der Waals surface area (Å²) in [4.78, 5) is 0. The molecular weight excluding hydrogens is 290 g/mol. The van der Waals surface area contributed by atoms with Crippen molar-refractivity contribution in [3.63, 3.8) is 0 Å². The standard InChI is InChI=1S/C18H19N3O2/c1-3-7-13-10-14(15(22)11-16(13)23-2)18-17(19-21-20-18)12-8-5-4-6-9-12/h4-6,8-11,22H,3,7H2,1-2H3,(H,19,20,21). The number of aromatic nitrogens is 3. The molecule has 2 N–H and O–H groups in total. The highest BCUT2D eigenvalue weighted by Gasteiger charge is 2.18. The quantitative estimate of drug-likeness (QED) is 0.752. The number of aromatic amines is 1. The number of H-pyrrole nitrogens is 1. The van der Waals surface area contributed by atoms with Gasteiger partial charge in [-0.1, -0.05) is 48.9 Å². The summed E-state index contributed by atoms with van der Waals surface area (Å²) in [6.07, 6.45) is 1.86. The highest BCUT2D eigenvalue weighted by Crippen LogP contribution is 2.38. The van der Waals surface area contributed by atoms with Gasteiger partial charge in [0.15, 0.2) is 0 Å². The zero-order valence-corrected chi connectivity index (χ0v) is 13.2. The van der Waals surface area contributed by atoms with Crippen molar-refractivity contribution in [2.24, 2.45) is 0 Å². The highest BCUT2D eigenvalue weighted by molar-refractivity contribution is 5.81. The van der Waals surface area contributed by atoms with Crippen molar-refractivity contribution in [1.82, 2.24) is 15.4 Å². The van der Waals surface area contributed by atoms with Crippen LogP contribution in [-0.4, -0.2) is 27.6 Å². The maximum Gasteiger partial charge on any atom is 0.128 e. The van der Waals surface area contributed by atoms with Gasteiger partial charge in [-0.25, -0.2) is 0 Å². The number of rotatable bonds is 5. The molecule has 5 nitrogen and oxygen atoms in total. The second-order valence-corrected chi connectivity index (χ2v) is 5.33. The average Bonchev–Trinajstić information content (AvgIpc) is 3.06. The molecule has 0 unspecified atom stereocenters. The van der Waals surface area contributed by atoms with Crippen LogP contribution in [0.15, 0.2) is 42.5 Å². The lowest BCUT2D eigenvalue weighted by molar-refractivity contribution is 0.403. The van der Waals surface area contributed by atoms with Crippen molar-refractivity contribution in [2.75, 3.05) is 7.11 Å². The second-order valence-electron chi connectivity index (χ2n) is 5.33. The van der Waals surface area contributed by atoms with E-state index in [0.717, 1.165) is 29.7 Å². The number of hydrogen-bond donors (Lipinski definition) is 2. The molecule has 1 heterocycles. The largest absolute Gasteiger partial charge is 0.507 e. The van der Waals surface area contributed by atoms with Crippen molar-refractivity contribution in [1.29, 1.82) is 0 Å². The molecule has 5 heteroatoms. The van der Waals surface area contributed by atoms with Crippen molar-refractivity contribution in [3.8, 4) is 34.0 Å². The number of hydrogen-bond acceptors (Lipinski definition) is 4. The van der Waals surface area contributed by atoms with E-state index in [2.05, 4.69) is 22.3 Å². The van der Waals surface area contributed by atoms with Crippen molar-refractivity contribution in [2.45, 2.75) is 19.8 Å². The fraction of sp³-hybridized carbons (Fsp3) is 0.222. The molecule has 3 aromatic rings. The summed E-state index contributed by atoms with van der Waals surface area (Å²) in [5, 5.41) is 21.4. The number of aromatic hydroxyl groups is 1. The molecule has 3 rings (SSSR count). The fourth-order valence-corrected chi connectivity index (χ4v) is 2.68. The van der Waals surface area contributed by atoms with E-state index in [0.29, 0.717) is 17.0 Å². The molecule has 23 heavy (non-hydrogen) atoms. The van der Waals surface area contributed by atoms with Gasteiger partial charge in [0.05, 0.1) is 12.8 Å². The molecule has 1 aromatic heterocycles. The molecule has 2 aromatic carbocycles. The molecular formula is C18H19N3O2. The summed E-state index contributed by atoms with van der Waals surface area (Å²) in [6, 6.07) is 13.4. The maximum atomic E-state index is 10.4. The molecule has 0 saturated carbocycles. The van der Waals surface area contributed by atoms with E-state index >= 15 is 0 Å². The van der Waals surface area contributed by atoms with Crippen LogP contribution in [-0.2, 0) is 6.42 Å². The van der Waals surface area contributed by atoms with Gasteiger partial charge in [-0.15, -0.1) is 5.10 Å². The molecule has 0 saturated heterocycles. The maximum absolute atomic E-state index is 10.4. The minimum Gasteiger partial charge on any atom is -0.507 e. The summed E-state index contributed by atoms with van der Waals surface area (Å²) in [5.74, 6) is 0.825. The molecule has 0 aliphatic rings. The van der Waals surface area contributed by atoms with Crippen LogP contribution in [0.4, 0.5) is 0 Å². The number of phenolic OH excluding ortho intramolecular Hbond substituents is 1. The van der Waals surface area contributed by atoms with Crippen molar-refractivity contribution in [3.05, 3.63) is 48.0 Å². The van der Waals surface area contributed by atoms with E-state index < -0.39 is 0 Å². The minimum absolute atomic E-state index is 0.132. The number of ether oxygens (including phenoxy) is 1. The molecule has 0 aliphatic heterocycles. The van der Waals surface area contributed by atoms with E-state index in [4.69, 9.17) is 4.74 Å². The highest BCUT2D eigenvalue weighted by atomic mass is 16.5. The first-order chi connectivity index (χ1) is 11.2. The first-order valence-electron chi connectivity index (χ1n) is 7.61. The Balaban J connectivity index is 2.13. The number of phenols is 1. The Hall–Kier alpha value is -2.82. The predicted molar refractivity (Wildman–Crippen MR) is 89.5 cm³/mol. The molecule has 0 radical (unpaired) electrons. The summed E-state index contributed by atoms with van der Waals surface area (Å²) in [6.45, 7) is 2.11. The summed E-state index contributed by atoms with van der Waals surface area (Å²) < 4.78 is 5.36. The monoisotopic (exact) mass is 309 g/mol. The smallest absolute Gasteiger partial charge is 0.128 e. The van der Waals surface area contributed by atoms with Crippen molar-refractivity contribution >= 4 is 0 Å². The third-order valence-corrected chi connectivity index (χ3v) is 3.78. The zero-order valence-electron chi connectivity index (χ0n) is 13.2. The Morgan fingerprint density at radius 2 is 1.96 bits per heavy atom. The molecule has 0 amide bonds. The number of methoxy groups -OCH3 is 1. The van der Waals surface area contributed by atoms with Crippen molar-refractivity contribution < 1.29 is 9.84 Å². The lowest BCUT2D eigenvalue weighted by Gasteiger charge is -2.12. The first kappa shape index (κ1) is 15.1. The zero-order chi connectivity index (χ0) is 16.2. The van der Waals surface area contributed by atoms with E-state index in [1.165, 1.54) is 0 Å². The van der Waals surface area contributed by atoms with Crippen LogP contribution in [0.1, 0.15) is 18.9 Å². The normalized spacial score (nSPS) is 10.7. The number of nitrogens with zero attached hydrogens (tertiary/aromatic N) is 2. The summed E-state index contributed by atoms with van der Waals surface area (Å²) in [7, 11) is 1.61. The van der Waals surface area contributed by atoms with Crippen LogP contribution in [0.2, 0.25) is 0 Å². The SMILES string of the molecule is CCCc1cc(-c2nn[nH]c2-c2ccccc2)c(O)cc1OC. The van der Waals surface area contributed by atoms with Crippen LogP contribution in [0.3, 0.4) is 0 Å². The number of nitrogens with one attached hydrogen (secondary N) is 1. The van der Waals surface area contributed by atoms with E-state index in [1.807, 2.05) is 36.4 Å². The van der Waals surface area contributed by atoms with E-state index in [9.17, 15) is 5.11 Å². The van der Waals surface area contributed by atoms with Gasteiger partial charge in [0.2, 0.25) is 0 Å². The minimum atomic E-state index is 0.132. The number of benzene rings is 2. The Morgan fingerprint density at radius 3 is 2.65 bits per heavy atom. The molecule has 0 fully saturated rings. The lowest BCUT2D eigenvalue weighted by atomic mass is 9.99. The topological polar surface area (TPSA) is 71.0 Å². The summed E-state index contributed by atoms with van der Waals surface area (Å²) in [5.41, 5.74) is 4.09. The fourth-order valence-electron chi connectivity index (χ4n) is 2.68. The van der Waals surface area contributed by atoms with Gasteiger partial charge in [-0.3, -0.25) is 5.10 Å². The molecule has 0 atom stereocenters. The molecule has 118 valence electrons. The van der Waals surface area contributed by atoms with E-state index in [-0.39, 0.29) is 5.75 Å². The Bertz CT molecular complexity index is 797. The van der Waals surface area contributed by atoms with Gasteiger partial charge in [-0.05, 0) is 18.1 Å². The molecule has 0 spiro atoms. The molecule has 0 bridgehead atoms. The van der Waals surface area contributed by atoms with Gasteiger partial charge in [0, 0.05) is 17.2 Å². The van der Waals surface area contributed by atoms with Crippen LogP contribution < -0.4 is 4.74 Å².